The molecule has 0 aliphatic carbocycles. The highest BCUT2D eigenvalue weighted by Crippen LogP contribution is 2.19. The highest BCUT2D eigenvalue weighted by atomic mass is 32.1. The first kappa shape index (κ1) is 6.49. The molecule has 0 aliphatic rings. The van der Waals surface area contributed by atoms with Crippen LogP contribution in [0.4, 0.5) is 0 Å². The second kappa shape index (κ2) is 2.43. The molecule has 0 fully saturated rings. The van der Waals surface area contributed by atoms with Crippen molar-refractivity contribution in [3.8, 4) is 0 Å². The van der Waals surface area contributed by atoms with E-state index >= 15 is 0 Å². The zero-order chi connectivity index (χ0) is 7.68. The average molecular weight is 163 g/mol. The van der Waals surface area contributed by atoms with E-state index in [1.165, 1.54) is 11.5 Å². The number of carbonyl (C=O) groups is 1. The molecule has 1 heterocycles. The Labute approximate surface area is 67.6 Å². The summed E-state index contributed by atoms with van der Waals surface area (Å²) in [6, 6.07) is 7.63. The SMILES string of the molecule is O=Cc1snc2ccccc12. The van der Waals surface area contributed by atoms with Crippen molar-refractivity contribution in [2.45, 2.75) is 0 Å². The van der Waals surface area contributed by atoms with Crippen LogP contribution in [-0.2, 0) is 0 Å². The third-order valence-electron chi connectivity index (χ3n) is 1.52. The predicted octanol–water partition coefficient (Wildman–Crippen LogP) is 2.11. The number of carbonyl (C=O) groups excluding carboxylic acids is 1. The van der Waals surface area contributed by atoms with Crippen LogP contribution in [0.2, 0.25) is 0 Å². The first-order valence-corrected chi connectivity index (χ1v) is 3.99. The third-order valence-corrected chi connectivity index (χ3v) is 2.32. The molecule has 0 atom stereocenters. The Morgan fingerprint density at radius 3 is 3.00 bits per heavy atom. The van der Waals surface area contributed by atoms with Gasteiger partial charge in [0.15, 0.2) is 6.29 Å². The lowest BCUT2D eigenvalue weighted by molar-refractivity contribution is 0.112. The largest absolute Gasteiger partial charge is 0.297 e. The van der Waals surface area contributed by atoms with Gasteiger partial charge < -0.3 is 0 Å². The monoisotopic (exact) mass is 163 g/mol. The maximum atomic E-state index is 10.5. The van der Waals surface area contributed by atoms with Crippen LogP contribution in [0.3, 0.4) is 0 Å². The fourth-order valence-electron chi connectivity index (χ4n) is 0.994. The molecule has 2 nitrogen and oxygen atoms in total. The number of nitrogens with zero attached hydrogens (tertiary/aromatic N) is 1. The number of fused-ring (bicyclic) bond motifs is 1. The molecule has 0 saturated carbocycles. The number of benzene rings is 1. The summed E-state index contributed by atoms with van der Waals surface area (Å²) in [4.78, 5) is 11.2. The fraction of sp³-hybridized carbons (Fsp3) is 0. The summed E-state index contributed by atoms with van der Waals surface area (Å²) in [5.41, 5.74) is 0.902. The average Bonchev–Trinajstić information content (AvgIpc) is 2.47. The summed E-state index contributed by atoms with van der Waals surface area (Å²) in [7, 11) is 0. The lowest BCUT2D eigenvalue weighted by Crippen LogP contribution is -1.70. The van der Waals surface area contributed by atoms with Gasteiger partial charge in [-0.05, 0) is 17.6 Å². The minimum Gasteiger partial charge on any atom is -0.297 e. The summed E-state index contributed by atoms with van der Waals surface area (Å²) in [6.07, 6.45) is 0.847. The van der Waals surface area contributed by atoms with Gasteiger partial charge >= 0.3 is 0 Å². The highest BCUT2D eigenvalue weighted by molar-refractivity contribution is 7.09. The molecule has 0 N–H and O–H groups in total. The molecule has 1 aromatic carbocycles. The Balaban J connectivity index is 2.86. The third kappa shape index (κ3) is 0.935. The summed E-state index contributed by atoms with van der Waals surface area (Å²) in [5.74, 6) is 0. The summed E-state index contributed by atoms with van der Waals surface area (Å²) >= 11 is 1.24. The van der Waals surface area contributed by atoms with Crippen molar-refractivity contribution >= 4 is 28.7 Å². The molecule has 0 bridgehead atoms. The molecule has 2 aromatic rings. The predicted molar refractivity (Wildman–Crippen MR) is 45.0 cm³/mol. The molecule has 2 rings (SSSR count). The van der Waals surface area contributed by atoms with E-state index < -0.39 is 0 Å². The molecule has 54 valence electrons. The van der Waals surface area contributed by atoms with E-state index in [4.69, 9.17) is 0 Å². The molecule has 0 unspecified atom stereocenters. The number of hydrogen-bond acceptors (Lipinski definition) is 3. The number of rotatable bonds is 1. The maximum Gasteiger partial charge on any atom is 0.162 e. The van der Waals surface area contributed by atoms with E-state index in [9.17, 15) is 4.79 Å². The highest BCUT2D eigenvalue weighted by Gasteiger charge is 2.01. The van der Waals surface area contributed by atoms with Gasteiger partial charge in [-0.1, -0.05) is 18.2 Å². The van der Waals surface area contributed by atoms with Crippen LogP contribution in [0.25, 0.3) is 10.9 Å². The van der Waals surface area contributed by atoms with E-state index in [1.807, 2.05) is 24.3 Å². The minimum absolute atomic E-state index is 0.709. The molecule has 0 aliphatic heterocycles. The van der Waals surface area contributed by atoms with Crippen molar-refractivity contribution in [2.24, 2.45) is 0 Å². The van der Waals surface area contributed by atoms with Crippen molar-refractivity contribution in [3.05, 3.63) is 29.1 Å². The van der Waals surface area contributed by atoms with E-state index in [2.05, 4.69) is 4.37 Å². The zero-order valence-electron chi connectivity index (χ0n) is 5.65. The minimum atomic E-state index is 0.709. The fourth-order valence-corrected chi connectivity index (χ4v) is 1.66. The van der Waals surface area contributed by atoms with E-state index in [-0.39, 0.29) is 0 Å². The van der Waals surface area contributed by atoms with Crippen LogP contribution in [0.5, 0.6) is 0 Å². The van der Waals surface area contributed by atoms with Crippen molar-refractivity contribution in [1.29, 1.82) is 0 Å². The van der Waals surface area contributed by atoms with Crippen molar-refractivity contribution < 1.29 is 4.79 Å². The lowest BCUT2D eigenvalue weighted by atomic mass is 10.2. The van der Waals surface area contributed by atoms with Gasteiger partial charge in [-0.15, -0.1) is 0 Å². The first-order valence-electron chi connectivity index (χ1n) is 3.21. The molecular formula is C8H5NOS. The van der Waals surface area contributed by atoms with Crippen LogP contribution in [-0.4, -0.2) is 10.7 Å². The maximum absolute atomic E-state index is 10.5. The van der Waals surface area contributed by atoms with Crippen LogP contribution in [0, 0.1) is 0 Å². The number of aromatic nitrogens is 1. The topological polar surface area (TPSA) is 30.0 Å². The summed E-state index contributed by atoms with van der Waals surface area (Å²) < 4.78 is 4.10. The van der Waals surface area contributed by atoms with Crippen molar-refractivity contribution in [3.63, 3.8) is 0 Å². The molecule has 1 aromatic heterocycles. The van der Waals surface area contributed by atoms with Crippen LogP contribution >= 0.6 is 11.5 Å². The van der Waals surface area contributed by atoms with E-state index in [0.717, 1.165) is 17.2 Å². The van der Waals surface area contributed by atoms with Gasteiger partial charge in [0.1, 0.15) is 0 Å². The van der Waals surface area contributed by atoms with Crippen molar-refractivity contribution in [1.82, 2.24) is 4.37 Å². The Morgan fingerprint density at radius 2 is 2.18 bits per heavy atom. The smallest absolute Gasteiger partial charge is 0.162 e. The Hall–Kier alpha value is -1.22. The molecular weight excluding hydrogens is 158 g/mol. The van der Waals surface area contributed by atoms with Gasteiger partial charge in [0.25, 0.3) is 0 Å². The molecule has 0 amide bonds. The van der Waals surface area contributed by atoms with Crippen LogP contribution < -0.4 is 0 Å². The van der Waals surface area contributed by atoms with E-state index in [0.29, 0.717) is 4.88 Å². The Kier molecular flexibility index (Phi) is 1.43. The zero-order valence-corrected chi connectivity index (χ0v) is 6.47. The molecule has 0 saturated heterocycles. The Bertz CT molecular complexity index is 394. The van der Waals surface area contributed by atoms with Gasteiger partial charge in [0.05, 0.1) is 10.4 Å². The van der Waals surface area contributed by atoms with Gasteiger partial charge in [0, 0.05) is 5.39 Å². The van der Waals surface area contributed by atoms with Gasteiger partial charge in [-0.2, -0.15) is 4.37 Å². The summed E-state index contributed by atoms with van der Waals surface area (Å²) in [5, 5.41) is 0.951. The Morgan fingerprint density at radius 1 is 1.36 bits per heavy atom. The van der Waals surface area contributed by atoms with Gasteiger partial charge in [-0.3, -0.25) is 4.79 Å². The molecule has 3 heteroatoms. The standard InChI is InChI=1S/C8H5NOS/c10-5-8-6-3-1-2-4-7(6)9-11-8/h1-5H. The van der Waals surface area contributed by atoms with Crippen LogP contribution in [0.1, 0.15) is 9.67 Å². The normalized spacial score (nSPS) is 10.2. The molecule has 0 radical (unpaired) electrons. The van der Waals surface area contributed by atoms with Crippen LogP contribution in [0.15, 0.2) is 24.3 Å². The van der Waals surface area contributed by atoms with Crippen molar-refractivity contribution in [2.75, 3.05) is 0 Å². The molecule has 11 heavy (non-hydrogen) atoms. The quantitative estimate of drug-likeness (QED) is 0.602. The lowest BCUT2D eigenvalue weighted by Gasteiger charge is -1.84. The van der Waals surface area contributed by atoms with E-state index in [1.54, 1.807) is 0 Å². The van der Waals surface area contributed by atoms with Gasteiger partial charge in [0.2, 0.25) is 0 Å². The molecule has 0 spiro atoms. The van der Waals surface area contributed by atoms with Gasteiger partial charge in [-0.25, -0.2) is 0 Å². The summed E-state index contributed by atoms with van der Waals surface area (Å²) in [6.45, 7) is 0. The second-order valence-corrected chi connectivity index (χ2v) is 2.99. The second-order valence-electron chi connectivity index (χ2n) is 2.18. The number of aldehydes is 1. The first-order chi connectivity index (χ1) is 5.42. The number of hydrogen-bond donors (Lipinski definition) is 0.